The first-order chi connectivity index (χ1) is 10.3. The SMILES string of the molecule is NCCCN(c1nc2ccccc2s1)c1ccccc1F. The molecular formula is C16H16FN3S. The number of benzene rings is 2. The van der Waals surface area contributed by atoms with Gasteiger partial charge in [-0.1, -0.05) is 35.6 Å². The van der Waals surface area contributed by atoms with Crippen molar-refractivity contribution in [1.82, 2.24) is 4.98 Å². The highest BCUT2D eigenvalue weighted by atomic mass is 32.1. The van der Waals surface area contributed by atoms with E-state index in [2.05, 4.69) is 4.98 Å². The monoisotopic (exact) mass is 301 g/mol. The molecule has 3 rings (SSSR count). The summed E-state index contributed by atoms with van der Waals surface area (Å²) in [7, 11) is 0. The highest BCUT2D eigenvalue weighted by molar-refractivity contribution is 7.22. The molecule has 0 saturated carbocycles. The van der Waals surface area contributed by atoms with Crippen LogP contribution in [0.5, 0.6) is 0 Å². The molecule has 2 aromatic carbocycles. The maximum atomic E-state index is 14.1. The molecule has 0 radical (unpaired) electrons. The summed E-state index contributed by atoms with van der Waals surface area (Å²) in [5, 5.41) is 0.801. The maximum absolute atomic E-state index is 14.1. The summed E-state index contributed by atoms with van der Waals surface area (Å²) in [6, 6.07) is 14.7. The largest absolute Gasteiger partial charge is 0.330 e. The minimum Gasteiger partial charge on any atom is -0.330 e. The van der Waals surface area contributed by atoms with E-state index in [0.717, 1.165) is 21.8 Å². The van der Waals surface area contributed by atoms with Crippen LogP contribution in [-0.2, 0) is 0 Å². The molecular weight excluding hydrogens is 285 g/mol. The summed E-state index contributed by atoms with van der Waals surface area (Å²) in [6.07, 6.45) is 0.782. The number of hydrogen-bond donors (Lipinski definition) is 1. The van der Waals surface area contributed by atoms with E-state index in [0.29, 0.717) is 18.8 Å². The summed E-state index contributed by atoms with van der Waals surface area (Å²) in [6.45, 7) is 1.22. The fraction of sp³-hybridized carbons (Fsp3) is 0.188. The van der Waals surface area contributed by atoms with Gasteiger partial charge in [-0.15, -0.1) is 0 Å². The van der Waals surface area contributed by atoms with E-state index in [4.69, 9.17) is 5.73 Å². The molecule has 5 heteroatoms. The second kappa shape index (κ2) is 6.20. The van der Waals surface area contributed by atoms with E-state index in [1.807, 2.05) is 35.2 Å². The Labute approximate surface area is 126 Å². The van der Waals surface area contributed by atoms with E-state index >= 15 is 0 Å². The van der Waals surface area contributed by atoms with Crippen LogP contribution >= 0.6 is 11.3 Å². The Hall–Kier alpha value is -1.98. The standard InChI is InChI=1S/C16H16FN3S/c17-12-6-1-3-8-14(12)20(11-5-10-18)16-19-13-7-2-4-9-15(13)21-16/h1-4,6-9H,5,10-11,18H2. The van der Waals surface area contributed by atoms with Crippen molar-refractivity contribution in [1.29, 1.82) is 0 Å². The Morgan fingerprint density at radius 2 is 1.86 bits per heavy atom. The smallest absolute Gasteiger partial charge is 0.191 e. The third-order valence-electron chi connectivity index (χ3n) is 3.24. The molecule has 0 fully saturated rings. The zero-order valence-electron chi connectivity index (χ0n) is 11.5. The summed E-state index contributed by atoms with van der Waals surface area (Å²) in [4.78, 5) is 6.53. The van der Waals surface area contributed by atoms with Gasteiger partial charge < -0.3 is 10.6 Å². The van der Waals surface area contributed by atoms with Gasteiger partial charge in [0.05, 0.1) is 15.9 Å². The van der Waals surface area contributed by atoms with Crippen LogP contribution < -0.4 is 10.6 Å². The number of halogens is 1. The quantitative estimate of drug-likeness (QED) is 0.776. The third kappa shape index (κ3) is 2.89. The number of nitrogens with zero attached hydrogens (tertiary/aromatic N) is 2. The van der Waals surface area contributed by atoms with E-state index in [1.165, 1.54) is 6.07 Å². The van der Waals surface area contributed by atoms with Crippen LogP contribution in [0.15, 0.2) is 48.5 Å². The van der Waals surface area contributed by atoms with E-state index < -0.39 is 0 Å². The number of rotatable bonds is 5. The van der Waals surface area contributed by atoms with Crippen molar-refractivity contribution in [3.63, 3.8) is 0 Å². The first kappa shape index (κ1) is 14.0. The normalized spacial score (nSPS) is 11.0. The highest BCUT2D eigenvalue weighted by Gasteiger charge is 2.16. The van der Waals surface area contributed by atoms with Crippen molar-refractivity contribution in [2.75, 3.05) is 18.0 Å². The Bertz CT molecular complexity index is 708. The molecule has 3 nitrogen and oxygen atoms in total. The summed E-state index contributed by atoms with van der Waals surface area (Å²) >= 11 is 1.57. The Kier molecular flexibility index (Phi) is 4.13. The Morgan fingerprint density at radius 1 is 1.10 bits per heavy atom. The molecule has 0 unspecified atom stereocenters. The molecule has 108 valence electrons. The second-order valence-electron chi connectivity index (χ2n) is 4.71. The van der Waals surface area contributed by atoms with Gasteiger partial charge in [-0.25, -0.2) is 9.37 Å². The molecule has 0 atom stereocenters. The fourth-order valence-electron chi connectivity index (χ4n) is 2.21. The molecule has 0 aliphatic carbocycles. The minimum absolute atomic E-state index is 0.242. The lowest BCUT2D eigenvalue weighted by Crippen LogP contribution is -2.21. The number of hydrogen-bond acceptors (Lipinski definition) is 4. The molecule has 3 aromatic rings. The van der Waals surface area contributed by atoms with Crippen LogP contribution in [0.2, 0.25) is 0 Å². The predicted molar refractivity (Wildman–Crippen MR) is 86.7 cm³/mol. The first-order valence-electron chi connectivity index (χ1n) is 6.87. The molecule has 1 aromatic heterocycles. The number of nitrogens with two attached hydrogens (primary N) is 1. The van der Waals surface area contributed by atoms with Crippen LogP contribution in [0, 0.1) is 5.82 Å². The van der Waals surface area contributed by atoms with Crippen LogP contribution in [0.1, 0.15) is 6.42 Å². The number of anilines is 2. The minimum atomic E-state index is -0.242. The zero-order valence-corrected chi connectivity index (χ0v) is 12.3. The Balaban J connectivity index is 2.04. The predicted octanol–water partition coefficient (Wildman–Crippen LogP) is 3.92. The van der Waals surface area contributed by atoms with Gasteiger partial charge >= 0.3 is 0 Å². The van der Waals surface area contributed by atoms with E-state index in [1.54, 1.807) is 23.5 Å². The van der Waals surface area contributed by atoms with E-state index in [9.17, 15) is 4.39 Å². The van der Waals surface area contributed by atoms with Crippen molar-refractivity contribution in [3.8, 4) is 0 Å². The first-order valence-corrected chi connectivity index (χ1v) is 7.69. The number of para-hydroxylation sites is 2. The van der Waals surface area contributed by atoms with Crippen molar-refractivity contribution >= 4 is 32.4 Å². The van der Waals surface area contributed by atoms with Gasteiger partial charge in [0, 0.05) is 6.54 Å². The van der Waals surface area contributed by atoms with Gasteiger partial charge in [0.15, 0.2) is 5.13 Å². The van der Waals surface area contributed by atoms with Crippen molar-refractivity contribution in [2.45, 2.75) is 6.42 Å². The summed E-state index contributed by atoms with van der Waals surface area (Å²) in [5.41, 5.74) is 7.09. The average molecular weight is 301 g/mol. The van der Waals surface area contributed by atoms with Crippen LogP contribution in [0.3, 0.4) is 0 Å². The van der Waals surface area contributed by atoms with Crippen LogP contribution in [0.25, 0.3) is 10.2 Å². The molecule has 0 aliphatic rings. The second-order valence-corrected chi connectivity index (χ2v) is 5.72. The van der Waals surface area contributed by atoms with Gasteiger partial charge in [0.2, 0.25) is 0 Å². The summed E-state index contributed by atoms with van der Waals surface area (Å²) in [5.74, 6) is -0.242. The van der Waals surface area contributed by atoms with Crippen LogP contribution in [-0.4, -0.2) is 18.1 Å². The maximum Gasteiger partial charge on any atom is 0.191 e. The van der Waals surface area contributed by atoms with E-state index in [-0.39, 0.29) is 5.82 Å². The molecule has 0 aliphatic heterocycles. The lowest BCUT2D eigenvalue weighted by molar-refractivity contribution is 0.623. The molecule has 1 heterocycles. The topological polar surface area (TPSA) is 42.1 Å². The van der Waals surface area contributed by atoms with Crippen molar-refractivity contribution in [2.24, 2.45) is 5.73 Å². The number of aromatic nitrogens is 1. The van der Waals surface area contributed by atoms with Gasteiger partial charge in [0.25, 0.3) is 0 Å². The number of thiazole rings is 1. The van der Waals surface area contributed by atoms with Gasteiger partial charge in [-0.2, -0.15) is 0 Å². The molecule has 21 heavy (non-hydrogen) atoms. The van der Waals surface area contributed by atoms with Crippen molar-refractivity contribution in [3.05, 3.63) is 54.3 Å². The van der Waals surface area contributed by atoms with Gasteiger partial charge in [-0.3, -0.25) is 0 Å². The fourth-order valence-corrected chi connectivity index (χ4v) is 3.22. The number of fused-ring (bicyclic) bond motifs is 1. The molecule has 0 spiro atoms. The zero-order chi connectivity index (χ0) is 14.7. The molecule has 0 bridgehead atoms. The lowest BCUT2D eigenvalue weighted by atomic mass is 10.2. The highest BCUT2D eigenvalue weighted by Crippen LogP contribution is 2.34. The lowest BCUT2D eigenvalue weighted by Gasteiger charge is -2.22. The summed E-state index contributed by atoms with van der Waals surface area (Å²) < 4.78 is 15.2. The molecule has 0 saturated heterocycles. The third-order valence-corrected chi connectivity index (χ3v) is 4.30. The van der Waals surface area contributed by atoms with Gasteiger partial charge in [-0.05, 0) is 37.2 Å². The molecule has 0 amide bonds. The van der Waals surface area contributed by atoms with Crippen molar-refractivity contribution < 1.29 is 4.39 Å². The van der Waals surface area contributed by atoms with Crippen LogP contribution in [0.4, 0.5) is 15.2 Å². The van der Waals surface area contributed by atoms with Gasteiger partial charge in [0.1, 0.15) is 5.82 Å². The average Bonchev–Trinajstić information content (AvgIpc) is 2.93. The molecule has 2 N–H and O–H groups in total. The Morgan fingerprint density at radius 3 is 2.62 bits per heavy atom.